The van der Waals surface area contributed by atoms with Crippen molar-refractivity contribution in [2.45, 2.75) is 13.1 Å². The van der Waals surface area contributed by atoms with Gasteiger partial charge in [-0.2, -0.15) is 0 Å². The van der Waals surface area contributed by atoms with Crippen LogP contribution in [-0.4, -0.2) is 7.05 Å². The predicted molar refractivity (Wildman–Crippen MR) is 50.3 cm³/mol. The van der Waals surface area contributed by atoms with E-state index in [9.17, 15) is 0 Å². The van der Waals surface area contributed by atoms with Gasteiger partial charge in [0, 0.05) is 0 Å². The summed E-state index contributed by atoms with van der Waals surface area (Å²) in [6, 6.07) is 8.14. The van der Waals surface area contributed by atoms with Crippen LogP contribution in [0.4, 0.5) is 0 Å². The molecule has 1 rings (SSSR count). The minimum atomic E-state index is 0.0335. The minimum Gasteiger partial charge on any atom is -0.300 e. The van der Waals surface area contributed by atoms with Crippen molar-refractivity contribution < 1.29 is 0 Å². The van der Waals surface area contributed by atoms with Crippen LogP contribution in [0.15, 0.2) is 24.3 Å². The van der Waals surface area contributed by atoms with Crippen molar-refractivity contribution in [2.75, 3.05) is 7.05 Å². The van der Waals surface area contributed by atoms with Crippen molar-refractivity contribution in [1.82, 2.24) is 10.7 Å². The standard InChI is InChI=1S/C9H15N3/c1-7-5-3-4-6-8(7)9(11-2)12-10/h3-6,9,11-12H,10H2,1-2H3. The SMILES string of the molecule is CNC(NN)c1ccccc1C. The molecule has 1 aromatic carbocycles. The van der Waals surface area contributed by atoms with Gasteiger partial charge in [0.2, 0.25) is 0 Å². The van der Waals surface area contributed by atoms with Crippen molar-refractivity contribution in [3.63, 3.8) is 0 Å². The van der Waals surface area contributed by atoms with E-state index in [1.54, 1.807) is 0 Å². The van der Waals surface area contributed by atoms with Crippen LogP contribution < -0.4 is 16.6 Å². The van der Waals surface area contributed by atoms with Gasteiger partial charge in [0.25, 0.3) is 0 Å². The van der Waals surface area contributed by atoms with Crippen LogP contribution in [0, 0.1) is 6.92 Å². The van der Waals surface area contributed by atoms with Gasteiger partial charge in [-0.25, -0.2) is 5.43 Å². The summed E-state index contributed by atoms with van der Waals surface area (Å²) < 4.78 is 0. The highest BCUT2D eigenvalue weighted by Crippen LogP contribution is 2.13. The third-order valence-corrected chi connectivity index (χ3v) is 1.95. The second kappa shape index (κ2) is 4.21. The Hall–Kier alpha value is -0.900. The largest absolute Gasteiger partial charge is 0.300 e. The quantitative estimate of drug-likeness (QED) is 0.350. The monoisotopic (exact) mass is 165 g/mol. The molecule has 1 atom stereocenters. The van der Waals surface area contributed by atoms with Gasteiger partial charge in [0.1, 0.15) is 0 Å². The van der Waals surface area contributed by atoms with Crippen molar-refractivity contribution in [1.29, 1.82) is 0 Å². The first-order valence-corrected chi connectivity index (χ1v) is 3.98. The van der Waals surface area contributed by atoms with Crippen LogP contribution in [0.1, 0.15) is 17.3 Å². The first-order valence-electron chi connectivity index (χ1n) is 3.98. The van der Waals surface area contributed by atoms with Crippen LogP contribution in [0.25, 0.3) is 0 Å². The highest BCUT2D eigenvalue weighted by atomic mass is 15.3. The lowest BCUT2D eigenvalue weighted by Gasteiger charge is -2.17. The lowest BCUT2D eigenvalue weighted by atomic mass is 10.1. The van der Waals surface area contributed by atoms with E-state index in [1.165, 1.54) is 11.1 Å². The van der Waals surface area contributed by atoms with E-state index in [0.29, 0.717) is 0 Å². The Bertz CT molecular complexity index is 243. The van der Waals surface area contributed by atoms with Crippen LogP contribution in [-0.2, 0) is 0 Å². The zero-order chi connectivity index (χ0) is 8.97. The van der Waals surface area contributed by atoms with Crippen molar-refractivity contribution in [3.05, 3.63) is 35.4 Å². The van der Waals surface area contributed by atoms with Gasteiger partial charge in [-0.1, -0.05) is 24.3 Å². The molecule has 1 aromatic rings. The van der Waals surface area contributed by atoms with E-state index >= 15 is 0 Å². The lowest BCUT2D eigenvalue weighted by molar-refractivity contribution is 0.486. The Balaban J connectivity index is 2.92. The fourth-order valence-electron chi connectivity index (χ4n) is 1.24. The second-order valence-electron chi connectivity index (χ2n) is 2.74. The first kappa shape index (κ1) is 9.19. The highest BCUT2D eigenvalue weighted by molar-refractivity contribution is 5.27. The Morgan fingerprint density at radius 1 is 1.33 bits per heavy atom. The number of rotatable bonds is 3. The number of benzene rings is 1. The molecule has 0 bridgehead atoms. The van der Waals surface area contributed by atoms with Crippen LogP contribution in [0.3, 0.4) is 0 Å². The lowest BCUT2D eigenvalue weighted by Crippen LogP contribution is -2.36. The van der Waals surface area contributed by atoms with E-state index < -0.39 is 0 Å². The summed E-state index contributed by atoms with van der Waals surface area (Å²) in [4.78, 5) is 0. The molecule has 0 aliphatic rings. The van der Waals surface area contributed by atoms with E-state index in [1.807, 2.05) is 19.2 Å². The molecule has 0 saturated heterocycles. The average Bonchev–Trinajstić information content (AvgIpc) is 2.10. The molecular formula is C9H15N3. The Morgan fingerprint density at radius 2 is 2.00 bits per heavy atom. The molecule has 0 spiro atoms. The Labute approximate surface area is 72.9 Å². The van der Waals surface area contributed by atoms with Gasteiger partial charge in [-0.15, -0.1) is 0 Å². The van der Waals surface area contributed by atoms with Gasteiger partial charge < -0.3 is 5.32 Å². The summed E-state index contributed by atoms with van der Waals surface area (Å²) >= 11 is 0. The molecule has 0 radical (unpaired) electrons. The minimum absolute atomic E-state index is 0.0335. The van der Waals surface area contributed by atoms with E-state index in [-0.39, 0.29) is 6.17 Å². The van der Waals surface area contributed by atoms with E-state index in [0.717, 1.165) is 0 Å². The summed E-state index contributed by atoms with van der Waals surface area (Å²) in [6.07, 6.45) is 0.0335. The summed E-state index contributed by atoms with van der Waals surface area (Å²) in [6.45, 7) is 2.07. The van der Waals surface area contributed by atoms with Gasteiger partial charge in [0.05, 0.1) is 6.17 Å². The fraction of sp³-hybridized carbons (Fsp3) is 0.333. The maximum absolute atomic E-state index is 5.37. The topological polar surface area (TPSA) is 50.1 Å². The molecule has 0 heterocycles. The van der Waals surface area contributed by atoms with Gasteiger partial charge >= 0.3 is 0 Å². The van der Waals surface area contributed by atoms with Crippen molar-refractivity contribution >= 4 is 0 Å². The van der Waals surface area contributed by atoms with Crippen molar-refractivity contribution in [3.8, 4) is 0 Å². The molecule has 1 unspecified atom stereocenters. The fourth-order valence-corrected chi connectivity index (χ4v) is 1.24. The molecule has 0 aliphatic heterocycles. The molecule has 3 nitrogen and oxygen atoms in total. The molecule has 3 heteroatoms. The predicted octanol–water partition coefficient (Wildman–Crippen LogP) is 0.676. The summed E-state index contributed by atoms with van der Waals surface area (Å²) in [5, 5.41) is 3.07. The third kappa shape index (κ3) is 1.82. The Morgan fingerprint density at radius 3 is 2.50 bits per heavy atom. The van der Waals surface area contributed by atoms with Crippen LogP contribution >= 0.6 is 0 Å². The van der Waals surface area contributed by atoms with Gasteiger partial charge in [0.15, 0.2) is 0 Å². The highest BCUT2D eigenvalue weighted by Gasteiger charge is 2.07. The van der Waals surface area contributed by atoms with Gasteiger partial charge in [-0.05, 0) is 25.1 Å². The summed E-state index contributed by atoms with van der Waals surface area (Å²) in [5.74, 6) is 5.37. The first-order chi connectivity index (χ1) is 5.79. The Kier molecular flexibility index (Phi) is 3.22. The molecule has 12 heavy (non-hydrogen) atoms. The molecule has 66 valence electrons. The maximum Gasteiger partial charge on any atom is 0.0961 e. The molecule has 0 fully saturated rings. The molecule has 0 amide bonds. The van der Waals surface area contributed by atoms with Gasteiger partial charge in [-0.3, -0.25) is 5.84 Å². The zero-order valence-electron chi connectivity index (χ0n) is 7.46. The molecule has 0 aromatic heterocycles. The normalized spacial score (nSPS) is 12.9. The smallest absolute Gasteiger partial charge is 0.0961 e. The molecule has 4 N–H and O–H groups in total. The number of hydrogen-bond acceptors (Lipinski definition) is 3. The average molecular weight is 165 g/mol. The zero-order valence-corrected chi connectivity index (χ0v) is 7.46. The summed E-state index contributed by atoms with van der Waals surface area (Å²) in [5.41, 5.74) is 5.11. The van der Waals surface area contributed by atoms with E-state index in [2.05, 4.69) is 29.8 Å². The number of nitrogens with two attached hydrogens (primary N) is 1. The molecule has 0 saturated carbocycles. The third-order valence-electron chi connectivity index (χ3n) is 1.95. The number of hydrogen-bond donors (Lipinski definition) is 3. The number of hydrazine groups is 1. The van der Waals surface area contributed by atoms with Crippen LogP contribution in [0.5, 0.6) is 0 Å². The van der Waals surface area contributed by atoms with E-state index in [4.69, 9.17) is 5.84 Å². The van der Waals surface area contributed by atoms with Crippen molar-refractivity contribution in [2.24, 2.45) is 5.84 Å². The number of aryl methyl sites for hydroxylation is 1. The second-order valence-corrected chi connectivity index (χ2v) is 2.74. The molecule has 0 aliphatic carbocycles. The maximum atomic E-state index is 5.37. The summed E-state index contributed by atoms with van der Waals surface area (Å²) in [7, 11) is 1.87. The molecular weight excluding hydrogens is 150 g/mol. The van der Waals surface area contributed by atoms with Crippen LogP contribution in [0.2, 0.25) is 0 Å². The number of nitrogens with one attached hydrogen (secondary N) is 2.